The van der Waals surface area contributed by atoms with Gasteiger partial charge in [0, 0.05) is 30.3 Å². The van der Waals surface area contributed by atoms with E-state index in [1.165, 1.54) is 0 Å². The van der Waals surface area contributed by atoms with Crippen LogP contribution in [0.2, 0.25) is 5.02 Å². The number of carbonyl (C=O) groups excluding carboxylic acids is 1. The minimum absolute atomic E-state index is 0.226. The van der Waals surface area contributed by atoms with E-state index in [0.29, 0.717) is 16.3 Å². The zero-order valence-electron chi connectivity index (χ0n) is 11.0. The highest BCUT2D eigenvalue weighted by Gasteiger charge is 2.11. The predicted molar refractivity (Wildman–Crippen MR) is 85.7 cm³/mol. The number of hydrogen-bond donors (Lipinski definition) is 1. The molecule has 104 valence electrons. The lowest BCUT2D eigenvalue weighted by atomic mass is 10.2. The molecule has 1 amide bonds. The van der Waals surface area contributed by atoms with Crippen molar-refractivity contribution in [3.63, 3.8) is 0 Å². The normalized spacial score (nSPS) is 10.2. The molecule has 0 aliphatic carbocycles. The monoisotopic (exact) mass is 353 g/mol. The van der Waals surface area contributed by atoms with Gasteiger partial charge in [-0.05, 0) is 40.2 Å². The van der Waals surface area contributed by atoms with E-state index in [-0.39, 0.29) is 5.91 Å². The van der Waals surface area contributed by atoms with Crippen molar-refractivity contribution in [1.29, 1.82) is 0 Å². The highest BCUT2D eigenvalue weighted by atomic mass is 79.9. The molecule has 1 heterocycles. The summed E-state index contributed by atoms with van der Waals surface area (Å²) >= 11 is 9.29. The molecule has 0 fully saturated rings. The van der Waals surface area contributed by atoms with Gasteiger partial charge in [0.15, 0.2) is 0 Å². The highest BCUT2D eigenvalue weighted by Crippen LogP contribution is 2.25. The lowest BCUT2D eigenvalue weighted by Gasteiger charge is -2.17. The first-order valence-electron chi connectivity index (χ1n) is 5.87. The minimum Gasteiger partial charge on any atom is -0.376 e. The lowest BCUT2D eigenvalue weighted by molar-refractivity contribution is 0.102. The molecule has 0 aliphatic heterocycles. The van der Waals surface area contributed by atoms with E-state index in [0.717, 1.165) is 10.2 Å². The van der Waals surface area contributed by atoms with Crippen LogP contribution < -0.4 is 10.2 Å². The second-order valence-corrected chi connectivity index (χ2v) is 5.63. The summed E-state index contributed by atoms with van der Waals surface area (Å²) in [6, 6.07) is 6.90. The fourth-order valence-electron chi connectivity index (χ4n) is 1.71. The smallest absolute Gasteiger partial charge is 0.255 e. The van der Waals surface area contributed by atoms with Gasteiger partial charge in [0.25, 0.3) is 5.91 Å². The van der Waals surface area contributed by atoms with E-state index in [9.17, 15) is 4.79 Å². The van der Waals surface area contributed by atoms with Crippen molar-refractivity contribution in [2.24, 2.45) is 0 Å². The van der Waals surface area contributed by atoms with Crippen LogP contribution >= 0.6 is 27.5 Å². The molecule has 0 aliphatic rings. The molecular formula is C14H13BrClN3O. The number of benzene rings is 1. The van der Waals surface area contributed by atoms with Crippen LogP contribution in [0.25, 0.3) is 0 Å². The van der Waals surface area contributed by atoms with Gasteiger partial charge in [-0.25, -0.2) is 0 Å². The SMILES string of the molecule is CN(C)c1ccncc1NC(=O)c1ccc(Br)c(Cl)c1. The van der Waals surface area contributed by atoms with Gasteiger partial charge in [0.05, 0.1) is 22.6 Å². The first kappa shape index (κ1) is 14.8. The number of aromatic nitrogens is 1. The van der Waals surface area contributed by atoms with Gasteiger partial charge >= 0.3 is 0 Å². The third-order valence-corrected chi connectivity index (χ3v) is 3.94. The molecule has 1 N–H and O–H groups in total. The molecule has 0 bridgehead atoms. The van der Waals surface area contributed by atoms with E-state index in [1.54, 1.807) is 30.6 Å². The highest BCUT2D eigenvalue weighted by molar-refractivity contribution is 9.10. The third kappa shape index (κ3) is 3.29. The summed E-state index contributed by atoms with van der Waals surface area (Å²) < 4.78 is 0.756. The van der Waals surface area contributed by atoms with E-state index in [1.807, 2.05) is 25.1 Å². The summed E-state index contributed by atoms with van der Waals surface area (Å²) in [5.74, 6) is -0.226. The largest absolute Gasteiger partial charge is 0.376 e. The van der Waals surface area contributed by atoms with Crippen LogP contribution in [0.5, 0.6) is 0 Å². The van der Waals surface area contributed by atoms with Gasteiger partial charge in [0.1, 0.15) is 0 Å². The van der Waals surface area contributed by atoms with Crippen molar-refractivity contribution >= 4 is 44.8 Å². The van der Waals surface area contributed by atoms with Crippen molar-refractivity contribution in [3.05, 3.63) is 51.7 Å². The van der Waals surface area contributed by atoms with E-state index >= 15 is 0 Å². The van der Waals surface area contributed by atoms with Crippen molar-refractivity contribution in [1.82, 2.24) is 4.98 Å². The third-order valence-electron chi connectivity index (χ3n) is 2.71. The number of rotatable bonds is 3. The maximum atomic E-state index is 12.2. The molecule has 1 aromatic heterocycles. The van der Waals surface area contributed by atoms with Gasteiger partial charge in [-0.2, -0.15) is 0 Å². The van der Waals surface area contributed by atoms with Gasteiger partial charge in [-0.3, -0.25) is 9.78 Å². The van der Waals surface area contributed by atoms with Crippen molar-refractivity contribution < 1.29 is 4.79 Å². The minimum atomic E-state index is -0.226. The van der Waals surface area contributed by atoms with Crippen LogP contribution in [-0.4, -0.2) is 25.0 Å². The fraction of sp³-hybridized carbons (Fsp3) is 0.143. The Morgan fingerprint density at radius 3 is 2.75 bits per heavy atom. The van der Waals surface area contributed by atoms with Gasteiger partial charge in [-0.15, -0.1) is 0 Å². The average Bonchev–Trinajstić information content (AvgIpc) is 2.42. The van der Waals surface area contributed by atoms with Crippen LogP contribution in [0.4, 0.5) is 11.4 Å². The standard InChI is InChI=1S/C14H13BrClN3O/c1-19(2)13-5-6-17-8-12(13)18-14(20)9-3-4-10(15)11(16)7-9/h3-8H,1-2H3,(H,18,20). The molecule has 0 saturated heterocycles. The number of nitrogens with one attached hydrogen (secondary N) is 1. The number of anilines is 2. The summed E-state index contributed by atoms with van der Waals surface area (Å²) in [7, 11) is 3.81. The molecule has 1 aromatic carbocycles. The Hall–Kier alpha value is -1.59. The zero-order chi connectivity index (χ0) is 14.7. The summed E-state index contributed by atoms with van der Waals surface area (Å²) in [6.07, 6.45) is 3.30. The lowest BCUT2D eigenvalue weighted by Crippen LogP contribution is -2.17. The molecule has 0 radical (unpaired) electrons. The zero-order valence-corrected chi connectivity index (χ0v) is 13.4. The van der Waals surface area contributed by atoms with Crippen LogP contribution in [0.3, 0.4) is 0 Å². The van der Waals surface area contributed by atoms with Gasteiger partial charge in [0.2, 0.25) is 0 Å². The van der Waals surface area contributed by atoms with Crippen LogP contribution in [0.1, 0.15) is 10.4 Å². The Balaban J connectivity index is 2.26. The maximum absolute atomic E-state index is 12.2. The van der Waals surface area contributed by atoms with E-state index in [2.05, 4.69) is 26.2 Å². The van der Waals surface area contributed by atoms with Crippen LogP contribution in [0.15, 0.2) is 41.1 Å². The Labute approximate surface area is 130 Å². The second kappa shape index (κ2) is 6.24. The molecule has 6 heteroatoms. The summed E-state index contributed by atoms with van der Waals surface area (Å²) in [5.41, 5.74) is 2.03. The first-order valence-corrected chi connectivity index (χ1v) is 7.04. The number of carbonyl (C=O) groups is 1. The Morgan fingerprint density at radius 1 is 1.35 bits per heavy atom. The summed E-state index contributed by atoms with van der Waals surface area (Å²) in [5, 5.41) is 3.33. The number of hydrogen-bond acceptors (Lipinski definition) is 3. The van der Waals surface area contributed by atoms with Crippen molar-refractivity contribution in [2.75, 3.05) is 24.3 Å². The number of amides is 1. The Bertz CT molecular complexity index is 646. The number of pyridine rings is 1. The maximum Gasteiger partial charge on any atom is 0.255 e. The van der Waals surface area contributed by atoms with Gasteiger partial charge < -0.3 is 10.2 Å². The molecule has 0 unspecified atom stereocenters. The van der Waals surface area contributed by atoms with Crippen LogP contribution in [0, 0.1) is 0 Å². The molecule has 0 spiro atoms. The Kier molecular flexibility index (Phi) is 4.62. The molecule has 0 saturated carbocycles. The molecule has 0 atom stereocenters. The van der Waals surface area contributed by atoms with E-state index in [4.69, 9.17) is 11.6 Å². The number of halogens is 2. The average molecular weight is 355 g/mol. The molecule has 2 aromatic rings. The predicted octanol–water partition coefficient (Wildman–Crippen LogP) is 3.82. The molecule has 20 heavy (non-hydrogen) atoms. The van der Waals surface area contributed by atoms with Crippen molar-refractivity contribution in [3.8, 4) is 0 Å². The number of nitrogens with zero attached hydrogens (tertiary/aromatic N) is 2. The molecular weight excluding hydrogens is 342 g/mol. The first-order chi connectivity index (χ1) is 9.49. The summed E-state index contributed by atoms with van der Waals surface area (Å²) in [6.45, 7) is 0. The van der Waals surface area contributed by atoms with Gasteiger partial charge in [-0.1, -0.05) is 11.6 Å². The quantitative estimate of drug-likeness (QED) is 0.911. The second-order valence-electron chi connectivity index (χ2n) is 4.37. The van der Waals surface area contributed by atoms with Crippen LogP contribution in [-0.2, 0) is 0 Å². The Morgan fingerprint density at radius 2 is 2.10 bits per heavy atom. The fourth-order valence-corrected chi connectivity index (χ4v) is 2.13. The van der Waals surface area contributed by atoms with E-state index < -0.39 is 0 Å². The topological polar surface area (TPSA) is 45.2 Å². The molecule has 2 rings (SSSR count). The summed E-state index contributed by atoms with van der Waals surface area (Å²) in [4.78, 5) is 18.2. The molecule has 4 nitrogen and oxygen atoms in total. The van der Waals surface area contributed by atoms with Crippen molar-refractivity contribution in [2.45, 2.75) is 0 Å².